The van der Waals surface area contributed by atoms with Crippen molar-refractivity contribution in [2.75, 3.05) is 25.6 Å². The van der Waals surface area contributed by atoms with Gasteiger partial charge in [0.2, 0.25) is 10.0 Å². The fourth-order valence-electron chi connectivity index (χ4n) is 5.92. The van der Waals surface area contributed by atoms with E-state index in [0.717, 1.165) is 55.4 Å². The Hall–Kier alpha value is -3.11. The lowest BCUT2D eigenvalue weighted by molar-refractivity contribution is 0.219. The van der Waals surface area contributed by atoms with E-state index in [9.17, 15) is 12.8 Å². The number of ether oxygens (including phenoxy) is 1. The van der Waals surface area contributed by atoms with Crippen molar-refractivity contribution in [3.8, 4) is 16.9 Å². The molecule has 40 heavy (non-hydrogen) atoms. The molecule has 0 fully saturated rings. The number of aromatic nitrogens is 3. The molecular weight excluding hydrogens is 529 g/mol. The molecule has 8 nitrogen and oxygen atoms in total. The number of aryl methyl sites for hydroxylation is 1. The zero-order valence-corrected chi connectivity index (χ0v) is 24.2. The van der Waals surface area contributed by atoms with Gasteiger partial charge >= 0.3 is 0 Å². The van der Waals surface area contributed by atoms with Crippen LogP contribution in [0.4, 0.5) is 10.2 Å². The van der Waals surface area contributed by atoms with E-state index in [2.05, 4.69) is 35.5 Å². The second-order valence-corrected chi connectivity index (χ2v) is 13.6. The maximum absolute atomic E-state index is 12.6. The highest BCUT2D eigenvalue weighted by Crippen LogP contribution is 2.38. The fraction of sp³-hybridized carbons (Fsp3) is 0.500. The minimum absolute atomic E-state index is 0.128. The average Bonchev–Trinajstić information content (AvgIpc) is 2.91. The van der Waals surface area contributed by atoms with Crippen molar-refractivity contribution in [2.45, 2.75) is 64.2 Å². The standard InChI is InChI=1S/C30H38FN5O3S/c1-19-12-22-13-21(23-15-28(29(32)33-17-23)40(37,38)36-10-9-31)4-5-27(22)39-11-7-20(19)14-26-24-16-30(2,3)8-6-25(24)34-18-35-26/h4-5,13,15,17-20,36H,6-12,14,16H2,1-3H3,(H2,32,33). The van der Waals surface area contributed by atoms with Crippen molar-refractivity contribution in [1.82, 2.24) is 19.7 Å². The van der Waals surface area contributed by atoms with Gasteiger partial charge in [-0.05, 0) is 90.7 Å². The summed E-state index contributed by atoms with van der Waals surface area (Å²) in [5.74, 6) is 1.50. The Morgan fingerprint density at radius 3 is 2.80 bits per heavy atom. The Kier molecular flexibility index (Phi) is 8.10. The number of sulfonamides is 1. The first-order chi connectivity index (χ1) is 19.1. The summed E-state index contributed by atoms with van der Waals surface area (Å²) in [6.45, 7) is 6.42. The van der Waals surface area contributed by atoms with Gasteiger partial charge in [-0.15, -0.1) is 0 Å². The van der Waals surface area contributed by atoms with Gasteiger partial charge in [-0.25, -0.2) is 32.5 Å². The lowest BCUT2D eigenvalue weighted by Crippen LogP contribution is -2.27. The topological polar surface area (TPSA) is 120 Å². The summed E-state index contributed by atoms with van der Waals surface area (Å²) in [5.41, 5.74) is 12.3. The molecule has 3 heterocycles. The number of anilines is 1. The van der Waals surface area contributed by atoms with Crippen LogP contribution < -0.4 is 15.2 Å². The highest BCUT2D eigenvalue weighted by Gasteiger charge is 2.30. The number of halogens is 1. The highest BCUT2D eigenvalue weighted by molar-refractivity contribution is 7.89. The van der Waals surface area contributed by atoms with Gasteiger partial charge in [0.05, 0.1) is 6.61 Å². The predicted octanol–water partition coefficient (Wildman–Crippen LogP) is 4.70. The number of fused-ring (bicyclic) bond motifs is 2. The van der Waals surface area contributed by atoms with Crippen LogP contribution in [0.1, 0.15) is 56.1 Å². The van der Waals surface area contributed by atoms with Crippen LogP contribution in [0.5, 0.6) is 5.75 Å². The van der Waals surface area contributed by atoms with E-state index in [4.69, 9.17) is 15.5 Å². The smallest absolute Gasteiger partial charge is 0.244 e. The summed E-state index contributed by atoms with van der Waals surface area (Å²) >= 11 is 0. The molecule has 2 atom stereocenters. The van der Waals surface area contributed by atoms with E-state index >= 15 is 0 Å². The first-order valence-corrected chi connectivity index (χ1v) is 15.4. The number of pyridine rings is 1. The quantitative estimate of drug-likeness (QED) is 0.425. The molecule has 3 aromatic rings. The van der Waals surface area contributed by atoms with Crippen molar-refractivity contribution >= 4 is 15.8 Å². The molecule has 0 spiro atoms. The molecule has 10 heteroatoms. The first-order valence-electron chi connectivity index (χ1n) is 14.0. The van der Waals surface area contributed by atoms with Crippen LogP contribution in [-0.2, 0) is 35.7 Å². The third kappa shape index (κ3) is 6.12. The van der Waals surface area contributed by atoms with Crippen molar-refractivity contribution in [3.63, 3.8) is 0 Å². The number of alkyl halides is 1. The second kappa shape index (κ2) is 11.4. The molecule has 1 aliphatic carbocycles. The van der Waals surface area contributed by atoms with Crippen LogP contribution in [0, 0.1) is 17.3 Å². The third-order valence-corrected chi connectivity index (χ3v) is 9.81. The van der Waals surface area contributed by atoms with E-state index in [-0.39, 0.29) is 22.7 Å². The van der Waals surface area contributed by atoms with Crippen molar-refractivity contribution in [3.05, 3.63) is 59.3 Å². The molecule has 0 radical (unpaired) electrons. The number of nitrogen functional groups attached to an aromatic ring is 1. The molecule has 0 saturated carbocycles. The van der Waals surface area contributed by atoms with Crippen LogP contribution >= 0.6 is 0 Å². The summed E-state index contributed by atoms with van der Waals surface area (Å²) < 4.78 is 46.3. The maximum Gasteiger partial charge on any atom is 0.244 e. The molecule has 3 N–H and O–H groups in total. The van der Waals surface area contributed by atoms with Crippen LogP contribution in [0.15, 0.2) is 41.7 Å². The first kappa shape index (κ1) is 28.4. The molecule has 0 amide bonds. The zero-order chi connectivity index (χ0) is 28.5. The molecule has 1 aromatic carbocycles. The van der Waals surface area contributed by atoms with E-state index in [0.29, 0.717) is 24.0 Å². The van der Waals surface area contributed by atoms with Gasteiger partial charge in [-0.3, -0.25) is 0 Å². The van der Waals surface area contributed by atoms with Gasteiger partial charge in [0.25, 0.3) is 0 Å². The van der Waals surface area contributed by atoms with E-state index in [1.807, 2.05) is 18.2 Å². The number of nitrogens with zero attached hydrogens (tertiary/aromatic N) is 3. The Morgan fingerprint density at radius 2 is 2.00 bits per heavy atom. The Morgan fingerprint density at radius 1 is 1.18 bits per heavy atom. The number of nitrogens with one attached hydrogen (secondary N) is 1. The van der Waals surface area contributed by atoms with Crippen LogP contribution in [-0.4, -0.2) is 43.2 Å². The highest BCUT2D eigenvalue weighted by atomic mass is 32.2. The van der Waals surface area contributed by atoms with Gasteiger partial charge in [0, 0.05) is 29.7 Å². The number of nitrogens with two attached hydrogens (primary N) is 1. The molecule has 2 unspecified atom stereocenters. The number of hydrogen-bond acceptors (Lipinski definition) is 7. The zero-order valence-electron chi connectivity index (χ0n) is 23.4. The molecule has 1 aliphatic heterocycles. The van der Waals surface area contributed by atoms with Crippen LogP contribution in [0.2, 0.25) is 0 Å². The third-order valence-electron chi connectivity index (χ3n) is 8.32. The Labute approximate surface area is 236 Å². The summed E-state index contributed by atoms with van der Waals surface area (Å²) in [4.78, 5) is 13.3. The van der Waals surface area contributed by atoms with Crippen molar-refractivity contribution in [2.24, 2.45) is 17.3 Å². The van der Waals surface area contributed by atoms with Crippen molar-refractivity contribution < 1.29 is 17.5 Å². The van der Waals surface area contributed by atoms with Crippen LogP contribution in [0.25, 0.3) is 11.1 Å². The van der Waals surface area contributed by atoms with Gasteiger partial charge in [0.1, 0.15) is 29.5 Å². The summed E-state index contributed by atoms with van der Waals surface area (Å²) in [5, 5.41) is 0. The SMILES string of the molecule is CC1Cc2cc(-c3cnc(N)c(S(=O)(=O)NCCF)c3)ccc2OCCC1Cc1ncnc2c1CC(C)(C)CC2. The minimum atomic E-state index is -3.98. The number of benzene rings is 1. The molecule has 2 aromatic heterocycles. The van der Waals surface area contributed by atoms with E-state index in [1.165, 1.54) is 23.0 Å². The Balaban J connectivity index is 1.39. The van der Waals surface area contributed by atoms with Crippen LogP contribution in [0.3, 0.4) is 0 Å². The number of hydrogen-bond donors (Lipinski definition) is 2. The van der Waals surface area contributed by atoms with Gasteiger partial charge in [-0.1, -0.05) is 26.8 Å². The number of rotatable bonds is 7. The lowest BCUT2D eigenvalue weighted by atomic mass is 9.74. The van der Waals surface area contributed by atoms with Crippen molar-refractivity contribution in [1.29, 1.82) is 0 Å². The minimum Gasteiger partial charge on any atom is -0.493 e. The van der Waals surface area contributed by atoms with E-state index in [1.54, 1.807) is 12.5 Å². The summed E-state index contributed by atoms with van der Waals surface area (Å²) in [7, 11) is -3.98. The van der Waals surface area contributed by atoms with Gasteiger partial charge in [0.15, 0.2) is 0 Å². The fourth-order valence-corrected chi connectivity index (χ4v) is 7.03. The average molecular weight is 568 g/mol. The Bertz CT molecular complexity index is 1490. The molecule has 0 bridgehead atoms. The molecule has 2 aliphatic rings. The molecular formula is C30H38FN5O3S. The summed E-state index contributed by atoms with van der Waals surface area (Å²) in [6, 6.07) is 7.37. The van der Waals surface area contributed by atoms with Gasteiger partial charge < -0.3 is 10.5 Å². The summed E-state index contributed by atoms with van der Waals surface area (Å²) in [6.07, 6.45) is 9.11. The largest absolute Gasteiger partial charge is 0.493 e. The lowest BCUT2D eigenvalue weighted by Gasteiger charge is -2.33. The van der Waals surface area contributed by atoms with Gasteiger partial charge in [-0.2, -0.15) is 0 Å². The monoisotopic (exact) mass is 567 g/mol. The normalized spacial score (nSPS) is 20.5. The molecule has 214 valence electrons. The second-order valence-electron chi connectivity index (χ2n) is 11.9. The van der Waals surface area contributed by atoms with E-state index < -0.39 is 16.7 Å². The predicted molar refractivity (Wildman–Crippen MR) is 153 cm³/mol. The molecule has 5 rings (SSSR count). The maximum atomic E-state index is 12.6. The molecule has 0 saturated heterocycles.